The Hall–Kier alpha value is -1.44. The molecule has 1 saturated heterocycles. The third kappa shape index (κ3) is 5.29. The van der Waals surface area contributed by atoms with Crippen LogP contribution in [0.3, 0.4) is 0 Å². The van der Waals surface area contributed by atoms with Crippen molar-refractivity contribution < 1.29 is 13.2 Å². The van der Waals surface area contributed by atoms with Gasteiger partial charge >= 0.3 is 0 Å². The highest BCUT2D eigenvalue weighted by Gasteiger charge is 2.29. The van der Waals surface area contributed by atoms with Crippen LogP contribution in [-0.2, 0) is 14.8 Å². The van der Waals surface area contributed by atoms with Gasteiger partial charge in [0, 0.05) is 32.1 Å². The summed E-state index contributed by atoms with van der Waals surface area (Å²) >= 11 is 0. The van der Waals surface area contributed by atoms with Crippen LogP contribution in [0, 0.1) is 5.92 Å². The number of hydrogen-bond donors (Lipinski definition) is 2. The first-order valence-corrected chi connectivity index (χ1v) is 9.91. The van der Waals surface area contributed by atoms with Crippen molar-refractivity contribution >= 4 is 15.9 Å². The molecule has 1 fully saturated rings. The molecule has 1 amide bonds. The zero-order valence-corrected chi connectivity index (χ0v) is 15.0. The fraction of sp³-hybridized carbons (Fsp3) is 0.588. The van der Waals surface area contributed by atoms with E-state index in [9.17, 15) is 13.2 Å². The third-order valence-electron chi connectivity index (χ3n) is 4.37. The molecule has 1 atom stereocenters. The SMILES string of the molecule is CC(N)CCC(=O)NCC1CCN(S(=O)(=O)c2ccccc2)CC1. The van der Waals surface area contributed by atoms with Crippen LogP contribution in [0.4, 0.5) is 0 Å². The topological polar surface area (TPSA) is 92.5 Å². The summed E-state index contributed by atoms with van der Waals surface area (Å²) in [6, 6.07) is 8.55. The number of hydrogen-bond acceptors (Lipinski definition) is 4. The average Bonchev–Trinajstić information content (AvgIpc) is 2.59. The van der Waals surface area contributed by atoms with Gasteiger partial charge in [0.25, 0.3) is 0 Å². The monoisotopic (exact) mass is 353 g/mol. The molecule has 7 heteroatoms. The van der Waals surface area contributed by atoms with Crippen molar-refractivity contribution in [3.05, 3.63) is 30.3 Å². The summed E-state index contributed by atoms with van der Waals surface area (Å²) in [5.74, 6) is 0.345. The van der Waals surface area contributed by atoms with Gasteiger partial charge in [0.2, 0.25) is 15.9 Å². The van der Waals surface area contributed by atoms with Gasteiger partial charge < -0.3 is 11.1 Å². The lowest BCUT2D eigenvalue weighted by Gasteiger charge is -2.31. The van der Waals surface area contributed by atoms with Gasteiger partial charge in [-0.1, -0.05) is 18.2 Å². The molecule has 134 valence electrons. The van der Waals surface area contributed by atoms with Gasteiger partial charge in [-0.25, -0.2) is 8.42 Å². The third-order valence-corrected chi connectivity index (χ3v) is 6.28. The van der Waals surface area contributed by atoms with Crippen molar-refractivity contribution in [1.29, 1.82) is 0 Å². The largest absolute Gasteiger partial charge is 0.356 e. The molecule has 1 aromatic rings. The summed E-state index contributed by atoms with van der Waals surface area (Å²) in [5.41, 5.74) is 5.64. The molecule has 0 aromatic heterocycles. The highest BCUT2D eigenvalue weighted by Crippen LogP contribution is 2.23. The first kappa shape index (κ1) is 18.9. The van der Waals surface area contributed by atoms with Gasteiger partial charge in [0.15, 0.2) is 0 Å². The number of nitrogens with one attached hydrogen (secondary N) is 1. The Labute approximate surface area is 144 Å². The quantitative estimate of drug-likeness (QED) is 0.773. The molecule has 1 aromatic carbocycles. The number of sulfonamides is 1. The standard InChI is InChI=1S/C17H27N3O3S/c1-14(18)7-8-17(21)19-13-15-9-11-20(12-10-15)24(22,23)16-5-3-2-4-6-16/h2-6,14-15H,7-13,18H2,1H3,(H,19,21). The normalized spacial score (nSPS) is 18.2. The van der Waals surface area contributed by atoms with Gasteiger partial charge in [-0.15, -0.1) is 0 Å². The van der Waals surface area contributed by atoms with E-state index in [1.165, 1.54) is 4.31 Å². The van der Waals surface area contributed by atoms with Gasteiger partial charge in [-0.05, 0) is 44.2 Å². The number of nitrogens with two attached hydrogens (primary N) is 1. The van der Waals surface area contributed by atoms with E-state index >= 15 is 0 Å². The fourth-order valence-electron chi connectivity index (χ4n) is 2.80. The van der Waals surface area contributed by atoms with E-state index in [-0.39, 0.29) is 11.9 Å². The predicted octanol–water partition coefficient (Wildman–Crippen LogP) is 1.33. The minimum atomic E-state index is -3.40. The molecule has 1 heterocycles. The van der Waals surface area contributed by atoms with E-state index in [1.54, 1.807) is 30.3 Å². The molecule has 0 saturated carbocycles. The van der Waals surface area contributed by atoms with E-state index in [0.29, 0.717) is 43.3 Å². The molecule has 1 unspecified atom stereocenters. The summed E-state index contributed by atoms with van der Waals surface area (Å²) in [6.07, 6.45) is 2.65. The molecule has 1 aliphatic rings. The first-order valence-electron chi connectivity index (χ1n) is 8.47. The van der Waals surface area contributed by atoms with Crippen LogP contribution in [0.2, 0.25) is 0 Å². The number of nitrogens with zero attached hydrogens (tertiary/aromatic N) is 1. The van der Waals surface area contributed by atoms with Crippen LogP contribution in [-0.4, -0.2) is 44.3 Å². The molecule has 0 radical (unpaired) electrons. The second kappa shape index (κ2) is 8.60. The lowest BCUT2D eigenvalue weighted by Crippen LogP contribution is -2.41. The van der Waals surface area contributed by atoms with E-state index < -0.39 is 10.0 Å². The van der Waals surface area contributed by atoms with Crippen LogP contribution in [0.15, 0.2) is 35.2 Å². The summed E-state index contributed by atoms with van der Waals surface area (Å²) in [6.45, 7) is 3.49. The molecule has 0 bridgehead atoms. The summed E-state index contributed by atoms with van der Waals surface area (Å²) in [5, 5.41) is 2.93. The van der Waals surface area contributed by atoms with Crippen LogP contribution in [0.5, 0.6) is 0 Å². The lowest BCUT2D eigenvalue weighted by molar-refractivity contribution is -0.121. The number of amides is 1. The Kier molecular flexibility index (Phi) is 6.77. The van der Waals surface area contributed by atoms with Crippen LogP contribution >= 0.6 is 0 Å². The Morgan fingerprint density at radius 3 is 2.50 bits per heavy atom. The van der Waals surface area contributed by atoms with E-state index in [4.69, 9.17) is 5.73 Å². The minimum absolute atomic E-state index is 0.0200. The molecule has 2 rings (SSSR count). The molecule has 3 N–H and O–H groups in total. The van der Waals surface area contributed by atoms with Crippen molar-refractivity contribution in [2.45, 2.75) is 43.5 Å². The number of benzene rings is 1. The molecule has 1 aliphatic heterocycles. The van der Waals surface area contributed by atoms with Crippen LogP contribution in [0.25, 0.3) is 0 Å². The zero-order chi connectivity index (χ0) is 17.6. The molecule has 0 aliphatic carbocycles. The Morgan fingerprint density at radius 1 is 1.29 bits per heavy atom. The number of carbonyl (C=O) groups is 1. The maximum absolute atomic E-state index is 12.6. The van der Waals surface area contributed by atoms with Gasteiger partial charge in [-0.3, -0.25) is 4.79 Å². The average molecular weight is 353 g/mol. The van der Waals surface area contributed by atoms with Crippen LogP contribution in [0.1, 0.15) is 32.6 Å². The molecule has 0 spiro atoms. The van der Waals surface area contributed by atoms with Crippen molar-refractivity contribution in [1.82, 2.24) is 9.62 Å². The highest BCUT2D eigenvalue weighted by atomic mass is 32.2. The number of carbonyl (C=O) groups excluding carboxylic acids is 1. The maximum atomic E-state index is 12.6. The Morgan fingerprint density at radius 2 is 1.92 bits per heavy atom. The molecular weight excluding hydrogens is 326 g/mol. The smallest absolute Gasteiger partial charge is 0.243 e. The van der Waals surface area contributed by atoms with Gasteiger partial charge in [-0.2, -0.15) is 4.31 Å². The van der Waals surface area contributed by atoms with Gasteiger partial charge in [0.1, 0.15) is 0 Å². The van der Waals surface area contributed by atoms with E-state index in [0.717, 1.165) is 12.8 Å². The maximum Gasteiger partial charge on any atom is 0.243 e. The predicted molar refractivity (Wildman–Crippen MR) is 93.8 cm³/mol. The first-order chi connectivity index (χ1) is 11.4. The van der Waals surface area contributed by atoms with E-state index in [2.05, 4.69) is 5.32 Å². The van der Waals surface area contributed by atoms with E-state index in [1.807, 2.05) is 6.92 Å². The number of piperidine rings is 1. The Bertz CT molecular complexity index is 624. The van der Waals surface area contributed by atoms with Crippen molar-refractivity contribution in [2.24, 2.45) is 11.7 Å². The second-order valence-corrected chi connectivity index (χ2v) is 8.42. The fourth-order valence-corrected chi connectivity index (χ4v) is 4.29. The van der Waals surface area contributed by atoms with Gasteiger partial charge in [0.05, 0.1) is 4.90 Å². The van der Waals surface area contributed by atoms with Crippen LogP contribution < -0.4 is 11.1 Å². The molecule has 24 heavy (non-hydrogen) atoms. The number of rotatable bonds is 7. The van der Waals surface area contributed by atoms with Crippen molar-refractivity contribution in [3.8, 4) is 0 Å². The second-order valence-electron chi connectivity index (χ2n) is 6.48. The summed E-state index contributed by atoms with van der Waals surface area (Å²) < 4.78 is 26.6. The van der Waals surface area contributed by atoms with Crippen molar-refractivity contribution in [2.75, 3.05) is 19.6 Å². The summed E-state index contributed by atoms with van der Waals surface area (Å²) in [7, 11) is -3.40. The Balaban J connectivity index is 1.78. The highest BCUT2D eigenvalue weighted by molar-refractivity contribution is 7.89. The molecular formula is C17H27N3O3S. The minimum Gasteiger partial charge on any atom is -0.356 e. The summed E-state index contributed by atoms with van der Waals surface area (Å²) in [4.78, 5) is 12.1. The molecule has 6 nitrogen and oxygen atoms in total. The lowest BCUT2D eigenvalue weighted by atomic mass is 9.98. The zero-order valence-electron chi connectivity index (χ0n) is 14.1. The van der Waals surface area contributed by atoms with Crippen molar-refractivity contribution in [3.63, 3.8) is 0 Å².